The molecule has 0 aliphatic carbocycles. The Hall–Kier alpha value is -3.81. The maximum Gasteiger partial charge on any atom is 0.331 e. The molecular weight excluding hydrogens is 408 g/mol. The summed E-state index contributed by atoms with van der Waals surface area (Å²) in [4.78, 5) is 27.3. The van der Waals surface area contributed by atoms with Gasteiger partial charge in [-0.25, -0.2) is 4.79 Å². The summed E-state index contributed by atoms with van der Waals surface area (Å²) >= 11 is 0. The molecule has 0 spiro atoms. The van der Waals surface area contributed by atoms with Gasteiger partial charge < -0.3 is 9.84 Å². The van der Waals surface area contributed by atoms with Gasteiger partial charge in [0.05, 0.1) is 24.6 Å². The van der Waals surface area contributed by atoms with Gasteiger partial charge in [-0.15, -0.1) is 0 Å². The smallest absolute Gasteiger partial charge is 0.331 e. The summed E-state index contributed by atoms with van der Waals surface area (Å²) < 4.78 is 6.47. The number of aromatic amines is 1. The predicted octanol–water partition coefficient (Wildman–Crippen LogP) is 3.41. The fourth-order valence-corrected chi connectivity index (χ4v) is 3.91. The number of aromatic hydroxyl groups is 1. The van der Waals surface area contributed by atoms with Crippen molar-refractivity contribution in [1.82, 2.24) is 9.55 Å². The number of ether oxygens (including phenoxy) is 1. The highest BCUT2D eigenvalue weighted by Crippen LogP contribution is 2.37. The zero-order chi connectivity index (χ0) is 22.7. The molecular formula is C24H26N4O4. The van der Waals surface area contributed by atoms with Gasteiger partial charge in [0.1, 0.15) is 11.3 Å². The Kier molecular flexibility index (Phi) is 6.11. The minimum Gasteiger partial charge on any atom is -0.497 e. The molecule has 1 aromatic heterocycles. The van der Waals surface area contributed by atoms with Gasteiger partial charge in [0.15, 0.2) is 0 Å². The van der Waals surface area contributed by atoms with Crippen molar-refractivity contribution in [3.8, 4) is 11.6 Å². The number of nitrogens with one attached hydrogen (secondary N) is 1. The van der Waals surface area contributed by atoms with Crippen molar-refractivity contribution in [2.75, 3.05) is 12.1 Å². The minimum absolute atomic E-state index is 0.0395. The largest absolute Gasteiger partial charge is 0.497 e. The third-order valence-corrected chi connectivity index (χ3v) is 5.63. The van der Waals surface area contributed by atoms with Crippen LogP contribution in [0.25, 0.3) is 0 Å². The lowest BCUT2D eigenvalue weighted by molar-refractivity contribution is 0.394. The van der Waals surface area contributed by atoms with Crippen LogP contribution in [0.2, 0.25) is 0 Å². The topological polar surface area (TPSA) is 99.9 Å². The van der Waals surface area contributed by atoms with Gasteiger partial charge in [-0.3, -0.25) is 19.4 Å². The first kappa shape index (κ1) is 21.4. The highest BCUT2D eigenvalue weighted by atomic mass is 16.5. The summed E-state index contributed by atoms with van der Waals surface area (Å²) in [6, 6.07) is 17.1. The van der Waals surface area contributed by atoms with Gasteiger partial charge in [-0.2, -0.15) is 5.10 Å². The first-order valence-electron chi connectivity index (χ1n) is 10.7. The van der Waals surface area contributed by atoms with E-state index in [9.17, 15) is 14.7 Å². The van der Waals surface area contributed by atoms with E-state index >= 15 is 0 Å². The summed E-state index contributed by atoms with van der Waals surface area (Å²) in [7, 11) is 1.62. The number of hydrogen-bond donors (Lipinski definition) is 2. The number of methoxy groups -OCH3 is 1. The number of rotatable bonds is 7. The second-order valence-electron chi connectivity index (χ2n) is 7.68. The fourth-order valence-electron chi connectivity index (χ4n) is 3.91. The molecule has 0 radical (unpaired) electrons. The molecule has 8 heteroatoms. The zero-order valence-electron chi connectivity index (χ0n) is 18.1. The quantitative estimate of drug-likeness (QED) is 0.594. The molecule has 1 aliphatic rings. The molecule has 0 amide bonds. The lowest BCUT2D eigenvalue weighted by Gasteiger charge is -2.24. The maximum absolute atomic E-state index is 12.7. The van der Waals surface area contributed by atoms with E-state index in [1.54, 1.807) is 7.11 Å². The Morgan fingerprint density at radius 2 is 1.84 bits per heavy atom. The molecule has 1 aliphatic heterocycles. The molecule has 4 rings (SSSR count). The normalized spacial score (nSPS) is 15.6. The second kappa shape index (κ2) is 9.13. The van der Waals surface area contributed by atoms with E-state index < -0.39 is 11.2 Å². The second-order valence-corrected chi connectivity index (χ2v) is 7.68. The number of anilines is 1. The molecule has 2 aromatic carbocycles. The van der Waals surface area contributed by atoms with Crippen molar-refractivity contribution < 1.29 is 9.84 Å². The standard InChI is InChI=1S/C24H26N4O4/c1-3-4-14-27-23(30)21(22(29)25-24(27)31)19-15-20(16-10-12-18(32-2)13-11-16)28(26-19)17-8-6-5-7-9-17/h5-13,20,30H,3-4,14-15H2,1-2H3,(H,25,29,31)/t20-/m1/s1. The number of hydrazone groups is 1. The number of H-pyrrole nitrogens is 1. The molecule has 2 heterocycles. The molecule has 0 bridgehead atoms. The van der Waals surface area contributed by atoms with Crippen LogP contribution in [0.15, 0.2) is 69.3 Å². The third-order valence-electron chi connectivity index (χ3n) is 5.63. The van der Waals surface area contributed by atoms with Crippen LogP contribution >= 0.6 is 0 Å². The summed E-state index contributed by atoms with van der Waals surface area (Å²) in [6.45, 7) is 2.31. The number of unbranched alkanes of at least 4 members (excludes halogenated alkanes) is 1. The van der Waals surface area contributed by atoms with Gasteiger partial charge >= 0.3 is 5.69 Å². The lowest BCUT2D eigenvalue weighted by atomic mass is 9.98. The van der Waals surface area contributed by atoms with Crippen LogP contribution in [0.1, 0.15) is 43.4 Å². The molecule has 32 heavy (non-hydrogen) atoms. The maximum atomic E-state index is 12.7. The van der Waals surface area contributed by atoms with E-state index in [1.165, 1.54) is 4.57 Å². The lowest BCUT2D eigenvalue weighted by Crippen LogP contribution is -2.33. The number of benzene rings is 2. The minimum atomic E-state index is -0.637. The summed E-state index contributed by atoms with van der Waals surface area (Å²) in [5.74, 6) is 0.408. The molecule has 8 nitrogen and oxygen atoms in total. The van der Waals surface area contributed by atoms with E-state index in [2.05, 4.69) is 4.98 Å². The molecule has 0 saturated heterocycles. The van der Waals surface area contributed by atoms with Crippen molar-refractivity contribution in [2.24, 2.45) is 5.10 Å². The van der Waals surface area contributed by atoms with E-state index in [4.69, 9.17) is 9.84 Å². The Labute approximate surface area is 185 Å². The van der Waals surface area contributed by atoms with E-state index in [0.29, 0.717) is 25.1 Å². The Bertz CT molecular complexity index is 1230. The summed E-state index contributed by atoms with van der Waals surface area (Å²) in [6.07, 6.45) is 1.95. The first-order chi connectivity index (χ1) is 15.5. The van der Waals surface area contributed by atoms with Gasteiger partial charge in [0.2, 0.25) is 5.88 Å². The number of para-hydroxylation sites is 1. The molecule has 0 unspecified atom stereocenters. The average Bonchev–Trinajstić information content (AvgIpc) is 3.24. The number of nitrogens with zero attached hydrogens (tertiary/aromatic N) is 3. The van der Waals surface area contributed by atoms with Gasteiger partial charge in [-0.1, -0.05) is 43.7 Å². The van der Waals surface area contributed by atoms with Crippen molar-refractivity contribution in [3.05, 3.63) is 86.6 Å². The molecule has 166 valence electrons. The van der Waals surface area contributed by atoms with Crippen LogP contribution in [0.4, 0.5) is 5.69 Å². The van der Waals surface area contributed by atoms with Crippen molar-refractivity contribution in [3.63, 3.8) is 0 Å². The van der Waals surface area contributed by atoms with Gasteiger partial charge in [0, 0.05) is 13.0 Å². The van der Waals surface area contributed by atoms with Crippen LogP contribution in [0.3, 0.4) is 0 Å². The molecule has 1 atom stereocenters. The van der Waals surface area contributed by atoms with E-state index in [1.807, 2.05) is 66.5 Å². The SMILES string of the molecule is CCCCn1c(O)c(C2=NN(c3ccccc3)[C@@H](c3ccc(OC)cc3)C2)c(=O)[nH]c1=O. The van der Waals surface area contributed by atoms with Crippen LogP contribution in [-0.2, 0) is 6.54 Å². The molecule has 0 saturated carbocycles. The van der Waals surface area contributed by atoms with Crippen LogP contribution < -0.4 is 21.0 Å². The fraction of sp³-hybridized carbons (Fsp3) is 0.292. The monoisotopic (exact) mass is 434 g/mol. The summed E-state index contributed by atoms with van der Waals surface area (Å²) in [5.41, 5.74) is 1.07. The van der Waals surface area contributed by atoms with E-state index in [-0.39, 0.29) is 17.5 Å². The van der Waals surface area contributed by atoms with Gasteiger partial charge in [0.25, 0.3) is 5.56 Å². The van der Waals surface area contributed by atoms with Crippen molar-refractivity contribution >= 4 is 11.4 Å². The van der Waals surface area contributed by atoms with Crippen LogP contribution in [-0.4, -0.2) is 27.5 Å². The highest BCUT2D eigenvalue weighted by molar-refractivity contribution is 6.04. The van der Waals surface area contributed by atoms with Gasteiger partial charge in [-0.05, 0) is 36.2 Å². The third kappa shape index (κ3) is 4.03. The molecule has 0 fully saturated rings. The Morgan fingerprint density at radius 3 is 2.50 bits per heavy atom. The Morgan fingerprint density at radius 1 is 1.12 bits per heavy atom. The first-order valence-corrected chi connectivity index (χ1v) is 10.7. The Balaban J connectivity index is 1.80. The van der Waals surface area contributed by atoms with E-state index in [0.717, 1.165) is 23.4 Å². The number of aromatic nitrogens is 2. The zero-order valence-corrected chi connectivity index (χ0v) is 18.1. The molecule has 2 N–H and O–H groups in total. The average molecular weight is 434 g/mol. The van der Waals surface area contributed by atoms with Crippen molar-refractivity contribution in [2.45, 2.75) is 38.8 Å². The van der Waals surface area contributed by atoms with Crippen LogP contribution in [0, 0.1) is 0 Å². The van der Waals surface area contributed by atoms with Crippen molar-refractivity contribution in [1.29, 1.82) is 0 Å². The predicted molar refractivity (Wildman–Crippen MR) is 124 cm³/mol. The number of hydrogen-bond acceptors (Lipinski definition) is 6. The van der Waals surface area contributed by atoms with Crippen LogP contribution in [0.5, 0.6) is 11.6 Å². The summed E-state index contributed by atoms with van der Waals surface area (Å²) in [5, 5.41) is 17.4. The highest BCUT2D eigenvalue weighted by Gasteiger charge is 2.33. The molecule has 3 aromatic rings.